The van der Waals surface area contributed by atoms with Crippen molar-refractivity contribution >= 4 is 24.7 Å². The summed E-state index contributed by atoms with van der Waals surface area (Å²) in [6.45, 7) is 0.555. The van der Waals surface area contributed by atoms with E-state index < -0.39 is 12.1 Å². The van der Waals surface area contributed by atoms with Gasteiger partial charge in [0.1, 0.15) is 0 Å². The van der Waals surface area contributed by atoms with Gasteiger partial charge in [0.2, 0.25) is 0 Å². The number of esters is 1. The van der Waals surface area contributed by atoms with Gasteiger partial charge in [0.05, 0.1) is 11.9 Å². The first-order valence-electron chi connectivity index (χ1n) is 4.53. The summed E-state index contributed by atoms with van der Waals surface area (Å²) in [7, 11) is 0. The molecule has 1 saturated heterocycles. The minimum absolute atomic E-state index is 0.102. The normalized spacial score (nSPS) is 21.9. The molecule has 0 aliphatic carbocycles. The number of hydrogen-bond acceptors (Lipinski definition) is 5. The molecular formula is C8H14N2O3S. The Morgan fingerprint density at radius 1 is 1.50 bits per heavy atom. The van der Waals surface area contributed by atoms with Crippen molar-refractivity contribution in [3.05, 3.63) is 0 Å². The van der Waals surface area contributed by atoms with Crippen molar-refractivity contribution in [2.75, 3.05) is 12.3 Å². The number of carbonyl (C=O) groups is 2. The Kier molecular flexibility index (Phi) is 4.21. The van der Waals surface area contributed by atoms with Gasteiger partial charge >= 0.3 is 12.1 Å². The third-order valence-electron chi connectivity index (χ3n) is 2.11. The van der Waals surface area contributed by atoms with Crippen LogP contribution in [0.5, 0.6) is 0 Å². The Bertz CT molecular complexity index is 235. The number of amides is 1. The Hall–Kier alpha value is -0.750. The molecule has 1 aliphatic heterocycles. The molecule has 0 bridgehead atoms. The molecule has 1 amide bonds. The minimum Gasteiger partial charge on any atom is -0.375 e. The zero-order valence-corrected chi connectivity index (χ0v) is 8.70. The third kappa shape index (κ3) is 2.88. The molecule has 1 rings (SSSR count). The largest absolute Gasteiger partial charge is 0.418 e. The summed E-state index contributed by atoms with van der Waals surface area (Å²) >= 11 is 3.70. The quantitative estimate of drug-likeness (QED) is 0.378. The van der Waals surface area contributed by atoms with E-state index in [1.165, 1.54) is 4.90 Å². The first-order valence-corrected chi connectivity index (χ1v) is 5.16. The van der Waals surface area contributed by atoms with Crippen LogP contribution in [0.15, 0.2) is 0 Å². The van der Waals surface area contributed by atoms with E-state index in [4.69, 9.17) is 5.73 Å². The van der Waals surface area contributed by atoms with Gasteiger partial charge in [-0.25, -0.2) is 4.79 Å². The van der Waals surface area contributed by atoms with E-state index in [9.17, 15) is 9.59 Å². The zero-order chi connectivity index (χ0) is 10.6. The van der Waals surface area contributed by atoms with Crippen molar-refractivity contribution in [1.82, 2.24) is 4.90 Å². The number of ether oxygens (including phenoxy) is 1. The lowest BCUT2D eigenvalue weighted by molar-refractivity contribution is -0.135. The number of carbonyl (C=O) groups excluding carboxylic acids is 2. The number of hydrogen-bond donors (Lipinski definition) is 2. The number of rotatable bonds is 1. The van der Waals surface area contributed by atoms with Gasteiger partial charge in [-0.2, -0.15) is 12.6 Å². The van der Waals surface area contributed by atoms with E-state index >= 15 is 0 Å². The molecule has 5 nitrogen and oxygen atoms in total. The SMILES string of the molecule is NC1CCCCN1C(=O)OC(=O)CS. The van der Waals surface area contributed by atoms with Gasteiger partial charge in [-0.05, 0) is 19.3 Å². The van der Waals surface area contributed by atoms with Crippen LogP contribution in [0.25, 0.3) is 0 Å². The van der Waals surface area contributed by atoms with Crippen LogP contribution in [0.3, 0.4) is 0 Å². The summed E-state index contributed by atoms with van der Waals surface area (Å²) in [6, 6.07) is 0. The van der Waals surface area contributed by atoms with Crippen molar-refractivity contribution in [3.8, 4) is 0 Å². The molecular weight excluding hydrogens is 204 g/mol. The maximum absolute atomic E-state index is 11.3. The molecule has 1 heterocycles. The molecule has 0 aromatic carbocycles. The van der Waals surface area contributed by atoms with Gasteiger partial charge in [0.15, 0.2) is 0 Å². The predicted octanol–water partition coefficient (Wildman–Crippen LogP) is 0.350. The molecule has 2 N–H and O–H groups in total. The van der Waals surface area contributed by atoms with Gasteiger partial charge in [0.25, 0.3) is 0 Å². The van der Waals surface area contributed by atoms with E-state index in [0.29, 0.717) is 6.54 Å². The lowest BCUT2D eigenvalue weighted by Gasteiger charge is -2.31. The molecule has 0 spiro atoms. The Morgan fingerprint density at radius 2 is 2.21 bits per heavy atom. The highest BCUT2D eigenvalue weighted by Gasteiger charge is 2.26. The van der Waals surface area contributed by atoms with Crippen LogP contribution < -0.4 is 5.73 Å². The van der Waals surface area contributed by atoms with Crippen LogP contribution in [0.1, 0.15) is 19.3 Å². The van der Waals surface area contributed by atoms with E-state index in [0.717, 1.165) is 19.3 Å². The standard InChI is InChI=1S/C8H14N2O3S/c9-6-3-1-2-4-10(6)8(12)13-7(11)5-14/h6,14H,1-5,9H2. The van der Waals surface area contributed by atoms with Crippen LogP contribution in [0.4, 0.5) is 4.79 Å². The van der Waals surface area contributed by atoms with Crippen LogP contribution in [0, 0.1) is 0 Å². The monoisotopic (exact) mass is 218 g/mol. The second-order valence-corrected chi connectivity index (χ2v) is 3.47. The molecule has 0 radical (unpaired) electrons. The topological polar surface area (TPSA) is 72.6 Å². The van der Waals surface area contributed by atoms with Gasteiger partial charge in [0, 0.05) is 6.54 Å². The average Bonchev–Trinajstić information content (AvgIpc) is 2.18. The lowest BCUT2D eigenvalue weighted by Crippen LogP contribution is -2.49. The maximum Gasteiger partial charge on any atom is 0.418 e. The summed E-state index contributed by atoms with van der Waals surface area (Å²) in [6.07, 6.45) is 1.67. The Morgan fingerprint density at radius 3 is 2.79 bits per heavy atom. The highest BCUT2D eigenvalue weighted by Crippen LogP contribution is 2.14. The Labute approximate surface area is 88.0 Å². The van der Waals surface area contributed by atoms with E-state index in [2.05, 4.69) is 17.4 Å². The van der Waals surface area contributed by atoms with E-state index in [1.807, 2.05) is 0 Å². The van der Waals surface area contributed by atoms with Crippen LogP contribution in [-0.4, -0.2) is 35.4 Å². The summed E-state index contributed by atoms with van der Waals surface area (Å²) in [4.78, 5) is 23.5. The molecule has 0 aromatic heterocycles. The fourth-order valence-electron chi connectivity index (χ4n) is 1.37. The highest BCUT2D eigenvalue weighted by molar-refractivity contribution is 7.81. The molecule has 1 atom stereocenters. The minimum atomic E-state index is -0.656. The highest BCUT2D eigenvalue weighted by atomic mass is 32.1. The van der Waals surface area contributed by atoms with Crippen LogP contribution >= 0.6 is 12.6 Å². The van der Waals surface area contributed by atoms with Crippen molar-refractivity contribution in [2.45, 2.75) is 25.4 Å². The fraction of sp³-hybridized carbons (Fsp3) is 0.750. The summed E-state index contributed by atoms with van der Waals surface area (Å²) < 4.78 is 4.50. The molecule has 1 fully saturated rings. The lowest BCUT2D eigenvalue weighted by atomic mass is 10.1. The first kappa shape index (κ1) is 11.3. The van der Waals surface area contributed by atoms with E-state index in [1.54, 1.807) is 0 Å². The summed E-state index contributed by atoms with van der Waals surface area (Å²) in [5, 5.41) is 0. The number of nitrogens with zero attached hydrogens (tertiary/aromatic N) is 1. The molecule has 0 aromatic rings. The Balaban J connectivity index is 2.46. The van der Waals surface area contributed by atoms with Crippen molar-refractivity contribution in [3.63, 3.8) is 0 Å². The molecule has 0 saturated carbocycles. The second-order valence-electron chi connectivity index (χ2n) is 3.15. The van der Waals surface area contributed by atoms with Gasteiger partial charge in [-0.15, -0.1) is 0 Å². The number of piperidine rings is 1. The number of thiol groups is 1. The zero-order valence-electron chi connectivity index (χ0n) is 7.81. The van der Waals surface area contributed by atoms with Crippen molar-refractivity contribution in [1.29, 1.82) is 0 Å². The fourth-order valence-corrected chi connectivity index (χ4v) is 1.44. The van der Waals surface area contributed by atoms with Crippen LogP contribution in [0.2, 0.25) is 0 Å². The van der Waals surface area contributed by atoms with E-state index in [-0.39, 0.29) is 11.9 Å². The van der Waals surface area contributed by atoms with Gasteiger partial charge < -0.3 is 10.5 Å². The molecule has 14 heavy (non-hydrogen) atoms. The number of likely N-dealkylation sites (tertiary alicyclic amines) is 1. The predicted molar refractivity (Wildman–Crippen MR) is 53.9 cm³/mol. The van der Waals surface area contributed by atoms with Crippen molar-refractivity contribution < 1.29 is 14.3 Å². The smallest absolute Gasteiger partial charge is 0.375 e. The third-order valence-corrected chi connectivity index (χ3v) is 2.37. The molecule has 1 unspecified atom stereocenters. The van der Waals surface area contributed by atoms with Crippen molar-refractivity contribution in [2.24, 2.45) is 5.73 Å². The van der Waals surface area contributed by atoms with Gasteiger partial charge in [-0.3, -0.25) is 9.69 Å². The molecule has 1 aliphatic rings. The van der Waals surface area contributed by atoms with Crippen LogP contribution in [-0.2, 0) is 9.53 Å². The second kappa shape index (κ2) is 5.21. The maximum atomic E-state index is 11.3. The summed E-state index contributed by atoms with van der Waals surface area (Å²) in [5.41, 5.74) is 5.69. The summed E-state index contributed by atoms with van der Waals surface area (Å²) in [5.74, 6) is -0.745. The number of nitrogens with two attached hydrogens (primary N) is 1. The first-order chi connectivity index (χ1) is 6.65. The average molecular weight is 218 g/mol. The molecule has 6 heteroatoms. The molecule has 80 valence electrons. The van der Waals surface area contributed by atoms with Gasteiger partial charge in [-0.1, -0.05) is 0 Å².